The first kappa shape index (κ1) is 22.8. The van der Waals surface area contributed by atoms with Crippen LogP contribution in [0.1, 0.15) is 11.1 Å². The lowest BCUT2D eigenvalue weighted by Gasteiger charge is -2.12. The second-order valence-corrected chi connectivity index (χ2v) is 7.35. The minimum Gasteiger partial charge on any atom is -0.493 e. The monoisotopic (exact) mass is 458 g/mol. The second kappa shape index (κ2) is 11.0. The molecule has 4 aromatic rings. The molecule has 0 aliphatic rings. The summed E-state index contributed by atoms with van der Waals surface area (Å²) in [5.41, 5.74) is 4.02. The molecular weight excluding hydrogens is 435 g/mol. The first-order chi connectivity index (χ1) is 16.6. The van der Waals surface area contributed by atoms with Crippen molar-refractivity contribution in [3.8, 4) is 17.2 Å². The molecule has 0 heterocycles. The van der Waals surface area contributed by atoms with E-state index in [1.54, 1.807) is 36.5 Å². The fourth-order valence-electron chi connectivity index (χ4n) is 3.36. The van der Waals surface area contributed by atoms with Crippen LogP contribution in [0.2, 0.25) is 0 Å². The summed E-state index contributed by atoms with van der Waals surface area (Å²) in [5.74, 6) is 0.877. The molecule has 0 radical (unpaired) electrons. The number of carbonyl (C=O) groups is 1. The molecule has 0 atom stereocenters. The van der Waals surface area contributed by atoms with Gasteiger partial charge in [0, 0.05) is 5.56 Å². The summed E-state index contributed by atoms with van der Waals surface area (Å²) >= 11 is 0. The number of fused-ring (bicyclic) bond motifs is 1. The molecule has 1 N–H and O–H groups in total. The van der Waals surface area contributed by atoms with Crippen LogP contribution >= 0.6 is 0 Å². The lowest BCUT2D eigenvalue weighted by atomic mass is 10.0. The van der Waals surface area contributed by atoms with Crippen LogP contribution in [0.25, 0.3) is 10.8 Å². The van der Waals surface area contributed by atoms with Gasteiger partial charge in [-0.3, -0.25) is 4.79 Å². The largest absolute Gasteiger partial charge is 0.493 e. The summed E-state index contributed by atoms with van der Waals surface area (Å²) in [6.07, 6.45) is 1.54. The topological polar surface area (TPSA) is 69.2 Å². The van der Waals surface area contributed by atoms with Gasteiger partial charge in [0.05, 0.1) is 13.3 Å². The number of rotatable bonds is 9. The van der Waals surface area contributed by atoms with Gasteiger partial charge in [-0.15, -0.1) is 0 Å². The molecule has 34 heavy (non-hydrogen) atoms. The van der Waals surface area contributed by atoms with Crippen LogP contribution in [0.3, 0.4) is 0 Å². The number of amides is 1. The Morgan fingerprint density at radius 2 is 1.62 bits per heavy atom. The molecule has 0 aromatic heterocycles. The van der Waals surface area contributed by atoms with E-state index in [2.05, 4.69) is 10.5 Å². The molecule has 4 rings (SSSR count). The van der Waals surface area contributed by atoms with Crippen molar-refractivity contribution in [1.82, 2.24) is 5.43 Å². The molecule has 0 saturated carbocycles. The van der Waals surface area contributed by atoms with Crippen molar-refractivity contribution >= 4 is 22.9 Å². The van der Waals surface area contributed by atoms with Crippen molar-refractivity contribution in [2.24, 2.45) is 5.10 Å². The lowest BCUT2D eigenvalue weighted by Crippen LogP contribution is -2.24. The number of nitrogens with zero attached hydrogens (tertiary/aromatic N) is 1. The zero-order valence-electron chi connectivity index (χ0n) is 18.5. The summed E-state index contributed by atoms with van der Waals surface area (Å²) in [7, 11) is 1.53. The van der Waals surface area contributed by atoms with Crippen molar-refractivity contribution in [3.05, 3.63) is 102 Å². The van der Waals surface area contributed by atoms with E-state index in [0.717, 1.165) is 16.3 Å². The molecule has 0 bridgehead atoms. The smallest absolute Gasteiger partial charge is 0.277 e. The van der Waals surface area contributed by atoms with Crippen LogP contribution in [0.15, 0.2) is 90.0 Å². The minimum absolute atomic E-state index is 0.221. The fourth-order valence-corrected chi connectivity index (χ4v) is 3.36. The number of carbonyl (C=O) groups excluding carboxylic acids is 1. The summed E-state index contributed by atoms with van der Waals surface area (Å²) in [4.78, 5) is 12.2. The van der Waals surface area contributed by atoms with Gasteiger partial charge in [0.1, 0.15) is 18.2 Å². The van der Waals surface area contributed by atoms with Gasteiger partial charge in [0.2, 0.25) is 0 Å². The number of halogens is 1. The number of ether oxygens (including phenoxy) is 3. The quantitative estimate of drug-likeness (QED) is 0.280. The van der Waals surface area contributed by atoms with Crippen molar-refractivity contribution < 1.29 is 23.4 Å². The van der Waals surface area contributed by atoms with Crippen molar-refractivity contribution in [2.45, 2.75) is 6.61 Å². The maximum absolute atomic E-state index is 13.2. The van der Waals surface area contributed by atoms with Crippen LogP contribution < -0.4 is 19.6 Å². The molecule has 0 spiro atoms. The van der Waals surface area contributed by atoms with Crippen LogP contribution in [0, 0.1) is 5.82 Å². The third kappa shape index (κ3) is 5.69. The molecule has 7 heteroatoms. The molecule has 0 unspecified atom stereocenters. The Hall–Kier alpha value is -4.39. The van der Waals surface area contributed by atoms with Gasteiger partial charge >= 0.3 is 0 Å². The van der Waals surface area contributed by atoms with E-state index in [-0.39, 0.29) is 19.0 Å². The standard InChI is InChI=1S/C27H23FN2O4/c1-32-25-8-4-5-9-26(25)34-18-27(31)30-29-16-23-22-7-3-2-6-20(22)12-15-24(23)33-17-19-10-13-21(28)14-11-19/h2-16H,17-18H2,1H3,(H,30,31). The van der Waals surface area contributed by atoms with Crippen LogP contribution in [-0.4, -0.2) is 25.8 Å². The zero-order valence-corrected chi connectivity index (χ0v) is 18.5. The van der Waals surface area contributed by atoms with E-state index in [4.69, 9.17) is 14.2 Å². The molecule has 0 saturated heterocycles. The third-order valence-corrected chi connectivity index (χ3v) is 5.05. The number of hydrogen-bond acceptors (Lipinski definition) is 5. The van der Waals surface area contributed by atoms with Gasteiger partial charge in [0.25, 0.3) is 5.91 Å². The van der Waals surface area contributed by atoms with Gasteiger partial charge in [-0.05, 0) is 46.7 Å². The van der Waals surface area contributed by atoms with Crippen molar-refractivity contribution in [3.63, 3.8) is 0 Å². The predicted molar refractivity (Wildman–Crippen MR) is 129 cm³/mol. The van der Waals surface area contributed by atoms with E-state index in [1.807, 2.05) is 42.5 Å². The van der Waals surface area contributed by atoms with Gasteiger partial charge in [-0.2, -0.15) is 5.10 Å². The molecule has 1 amide bonds. The van der Waals surface area contributed by atoms with E-state index >= 15 is 0 Å². The van der Waals surface area contributed by atoms with Crippen LogP contribution in [-0.2, 0) is 11.4 Å². The van der Waals surface area contributed by atoms with Crippen molar-refractivity contribution in [2.75, 3.05) is 13.7 Å². The molecule has 0 aliphatic heterocycles. The van der Waals surface area contributed by atoms with Crippen LogP contribution in [0.4, 0.5) is 4.39 Å². The molecule has 0 aliphatic carbocycles. The average Bonchev–Trinajstić information content (AvgIpc) is 2.87. The lowest BCUT2D eigenvalue weighted by molar-refractivity contribution is -0.123. The molecule has 0 fully saturated rings. The molecule has 6 nitrogen and oxygen atoms in total. The van der Waals surface area contributed by atoms with Gasteiger partial charge in [-0.25, -0.2) is 9.82 Å². The number of hydrazone groups is 1. The minimum atomic E-state index is -0.420. The summed E-state index contributed by atoms with van der Waals surface area (Å²) < 4.78 is 29.9. The van der Waals surface area contributed by atoms with E-state index < -0.39 is 5.91 Å². The number of methoxy groups -OCH3 is 1. The first-order valence-corrected chi connectivity index (χ1v) is 10.6. The normalized spacial score (nSPS) is 10.9. The Morgan fingerprint density at radius 3 is 2.41 bits per heavy atom. The third-order valence-electron chi connectivity index (χ3n) is 5.05. The highest BCUT2D eigenvalue weighted by molar-refractivity contribution is 6.02. The Bertz CT molecular complexity index is 1310. The van der Waals surface area contributed by atoms with Crippen LogP contribution in [0.5, 0.6) is 17.2 Å². The Labute approximate surface area is 196 Å². The second-order valence-electron chi connectivity index (χ2n) is 7.35. The van der Waals surface area contributed by atoms with Gasteiger partial charge in [-0.1, -0.05) is 54.6 Å². The summed E-state index contributed by atoms with van der Waals surface area (Å²) in [6.45, 7) is 0.0414. The summed E-state index contributed by atoms with van der Waals surface area (Å²) in [6, 6.07) is 24.8. The first-order valence-electron chi connectivity index (χ1n) is 10.6. The summed E-state index contributed by atoms with van der Waals surface area (Å²) in [5, 5.41) is 6.03. The molecular formula is C27H23FN2O4. The highest BCUT2D eigenvalue weighted by Crippen LogP contribution is 2.28. The highest BCUT2D eigenvalue weighted by Gasteiger charge is 2.09. The number of nitrogens with one attached hydrogen (secondary N) is 1. The number of benzene rings is 4. The number of para-hydroxylation sites is 2. The van der Waals surface area contributed by atoms with Crippen molar-refractivity contribution in [1.29, 1.82) is 0 Å². The van der Waals surface area contributed by atoms with E-state index in [0.29, 0.717) is 22.8 Å². The molecule has 4 aromatic carbocycles. The van der Waals surface area contributed by atoms with E-state index in [1.165, 1.54) is 19.2 Å². The Balaban J connectivity index is 1.46. The SMILES string of the molecule is COc1ccccc1OCC(=O)NN=Cc1c(OCc2ccc(F)cc2)ccc2ccccc12. The maximum Gasteiger partial charge on any atom is 0.277 e. The number of hydrogen-bond donors (Lipinski definition) is 1. The fraction of sp³-hybridized carbons (Fsp3) is 0.111. The van der Waals surface area contributed by atoms with Gasteiger partial charge in [0.15, 0.2) is 18.1 Å². The Morgan fingerprint density at radius 1 is 0.882 bits per heavy atom. The van der Waals surface area contributed by atoms with Gasteiger partial charge < -0.3 is 14.2 Å². The predicted octanol–water partition coefficient (Wildman–Crippen LogP) is 5.10. The zero-order chi connectivity index (χ0) is 23.8. The Kier molecular flexibility index (Phi) is 7.35. The van der Waals surface area contributed by atoms with E-state index in [9.17, 15) is 9.18 Å². The highest BCUT2D eigenvalue weighted by atomic mass is 19.1. The molecule has 172 valence electrons. The maximum atomic E-state index is 13.2. The average molecular weight is 458 g/mol.